The summed E-state index contributed by atoms with van der Waals surface area (Å²) in [5, 5.41) is 37.8. The molecule has 9 nitrogen and oxygen atoms in total. The topological polar surface area (TPSA) is 123 Å². The van der Waals surface area contributed by atoms with Crippen LogP contribution in [0.15, 0.2) is 52.6 Å². The highest BCUT2D eigenvalue weighted by Crippen LogP contribution is 2.42. The predicted molar refractivity (Wildman–Crippen MR) is 140 cm³/mol. The first-order valence-electron chi connectivity index (χ1n) is 12.7. The molecular weight excluding hydrogens is 517 g/mol. The van der Waals surface area contributed by atoms with E-state index in [1.165, 1.54) is 30.1 Å². The van der Waals surface area contributed by atoms with Crippen LogP contribution in [0.5, 0.6) is 0 Å². The van der Waals surface area contributed by atoms with Crippen molar-refractivity contribution in [3.05, 3.63) is 65.5 Å². The van der Waals surface area contributed by atoms with E-state index in [-0.39, 0.29) is 29.6 Å². The van der Waals surface area contributed by atoms with Gasteiger partial charge in [-0.15, -0.1) is 0 Å². The number of aliphatic hydroxyl groups excluding tert-OH is 1. The van der Waals surface area contributed by atoms with Crippen LogP contribution in [0, 0.1) is 35.4 Å². The first-order chi connectivity index (χ1) is 18.9. The molecule has 0 radical (unpaired) electrons. The number of benzene rings is 1. The van der Waals surface area contributed by atoms with Gasteiger partial charge in [-0.3, -0.25) is 9.48 Å². The van der Waals surface area contributed by atoms with Gasteiger partial charge in [-0.25, -0.2) is 8.91 Å². The highest BCUT2D eigenvalue weighted by atomic mass is 32.2. The van der Waals surface area contributed by atoms with Gasteiger partial charge < -0.3 is 10.0 Å². The molecule has 3 atom stereocenters. The average Bonchev–Trinajstić information content (AvgIpc) is 3.62. The van der Waals surface area contributed by atoms with Crippen LogP contribution >= 0.6 is 11.8 Å². The van der Waals surface area contributed by atoms with Gasteiger partial charge in [0.05, 0.1) is 35.1 Å². The number of aromatic nitrogens is 4. The molecule has 2 aliphatic heterocycles. The highest BCUT2D eigenvalue weighted by molar-refractivity contribution is 7.99. The SMILES string of the molecule is Cc1c(-c2cc(Sc3ccc(F)cc3C#N)c3c(C#N)cnn3c2)cnn1C1C[C@H]2CC[C@@H](C1)N2C(=O)CO. The van der Waals surface area contributed by atoms with Crippen LogP contribution in [-0.4, -0.2) is 54.0 Å². The Balaban J connectivity index is 1.37. The Labute approximate surface area is 228 Å². The number of hydrogen-bond donors (Lipinski definition) is 1. The van der Waals surface area contributed by atoms with Gasteiger partial charge in [-0.1, -0.05) is 11.8 Å². The molecule has 2 aliphatic rings. The molecule has 1 unspecified atom stereocenters. The van der Waals surface area contributed by atoms with E-state index < -0.39 is 12.4 Å². The van der Waals surface area contributed by atoms with Crippen molar-refractivity contribution < 1.29 is 14.3 Å². The van der Waals surface area contributed by atoms with Gasteiger partial charge in [-0.2, -0.15) is 20.7 Å². The summed E-state index contributed by atoms with van der Waals surface area (Å²) in [5.41, 5.74) is 3.96. The van der Waals surface area contributed by atoms with Crippen LogP contribution in [0.3, 0.4) is 0 Å². The standard InChI is InChI=1S/C28H24FN7O2S/c1-16-24(13-33-36(16)23-8-21-3-4-22(9-23)35(21)27(38)15-37)18-7-26(28-19(11-31)12-32-34(28)14-18)39-25-5-2-20(29)6-17(25)10-30/h2,5-7,12-14,21-23,37H,3-4,8-9,15H2,1H3/t21-,22+,23?. The second-order valence-corrected chi connectivity index (χ2v) is 11.1. The Morgan fingerprint density at radius 2 is 1.82 bits per heavy atom. The molecular formula is C28H24FN7O2S. The van der Waals surface area contributed by atoms with E-state index in [0.29, 0.717) is 20.9 Å². The van der Waals surface area contributed by atoms with Gasteiger partial charge in [0.1, 0.15) is 24.6 Å². The molecule has 11 heteroatoms. The number of amides is 1. The van der Waals surface area contributed by atoms with E-state index in [1.54, 1.807) is 10.6 Å². The Morgan fingerprint density at radius 3 is 2.51 bits per heavy atom. The molecule has 39 heavy (non-hydrogen) atoms. The number of halogens is 1. The largest absolute Gasteiger partial charge is 0.387 e. The van der Waals surface area contributed by atoms with Crippen LogP contribution in [0.2, 0.25) is 0 Å². The quantitative estimate of drug-likeness (QED) is 0.401. The molecule has 4 aromatic rings. The van der Waals surface area contributed by atoms with Gasteiger partial charge >= 0.3 is 0 Å². The van der Waals surface area contributed by atoms with Crippen LogP contribution in [-0.2, 0) is 4.79 Å². The van der Waals surface area contributed by atoms with E-state index in [9.17, 15) is 24.8 Å². The van der Waals surface area contributed by atoms with Crippen LogP contribution in [0.1, 0.15) is 48.5 Å². The number of hydrogen-bond acceptors (Lipinski definition) is 7. The number of carbonyl (C=O) groups is 1. The Kier molecular flexibility index (Phi) is 6.34. The predicted octanol–water partition coefficient (Wildman–Crippen LogP) is 4.23. The Morgan fingerprint density at radius 1 is 1.08 bits per heavy atom. The third-order valence-electron chi connectivity index (χ3n) is 7.81. The number of rotatable bonds is 5. The van der Waals surface area contributed by atoms with Crippen molar-refractivity contribution in [2.75, 3.05) is 6.61 Å². The number of nitrogens with zero attached hydrogens (tertiary/aromatic N) is 7. The zero-order chi connectivity index (χ0) is 27.3. The summed E-state index contributed by atoms with van der Waals surface area (Å²) < 4.78 is 17.4. The summed E-state index contributed by atoms with van der Waals surface area (Å²) in [4.78, 5) is 15.4. The highest BCUT2D eigenvalue weighted by Gasteiger charge is 2.44. The van der Waals surface area contributed by atoms with Crippen LogP contribution in [0.25, 0.3) is 16.6 Å². The van der Waals surface area contributed by atoms with E-state index >= 15 is 0 Å². The molecule has 5 heterocycles. The summed E-state index contributed by atoms with van der Waals surface area (Å²) in [6, 6.07) is 10.6. The first kappa shape index (κ1) is 25.1. The summed E-state index contributed by atoms with van der Waals surface area (Å²) in [7, 11) is 0. The molecule has 3 aromatic heterocycles. The number of nitriles is 2. The van der Waals surface area contributed by atoms with Crippen molar-refractivity contribution in [1.82, 2.24) is 24.3 Å². The van der Waals surface area contributed by atoms with E-state index in [4.69, 9.17) is 5.10 Å². The second kappa shape index (κ2) is 9.84. The second-order valence-electron chi connectivity index (χ2n) is 9.97. The molecule has 0 aliphatic carbocycles. The Hall–Kier alpha value is -4.19. The molecule has 1 N–H and O–H groups in total. The number of carbonyl (C=O) groups excluding carboxylic acids is 1. The van der Waals surface area contributed by atoms with Gasteiger partial charge in [-0.05, 0) is 56.9 Å². The number of pyridine rings is 1. The molecule has 2 fully saturated rings. The summed E-state index contributed by atoms with van der Waals surface area (Å²) in [6.45, 7) is 1.56. The van der Waals surface area contributed by atoms with Crippen molar-refractivity contribution in [2.24, 2.45) is 0 Å². The van der Waals surface area contributed by atoms with Gasteiger partial charge in [0, 0.05) is 44.9 Å². The summed E-state index contributed by atoms with van der Waals surface area (Å²) in [6.07, 6.45) is 8.64. The molecule has 196 valence electrons. The fraction of sp³-hybridized carbons (Fsp3) is 0.321. The van der Waals surface area contributed by atoms with E-state index in [0.717, 1.165) is 42.5 Å². The minimum atomic E-state index is -0.486. The molecule has 0 spiro atoms. The molecule has 1 amide bonds. The summed E-state index contributed by atoms with van der Waals surface area (Å²) in [5.74, 6) is -0.686. The van der Waals surface area contributed by atoms with Crippen molar-refractivity contribution in [3.8, 4) is 23.3 Å². The zero-order valence-corrected chi connectivity index (χ0v) is 21.9. The molecule has 6 rings (SSSR count). The number of piperidine rings is 1. The van der Waals surface area contributed by atoms with Crippen molar-refractivity contribution >= 4 is 23.2 Å². The maximum absolute atomic E-state index is 13.8. The van der Waals surface area contributed by atoms with Crippen LogP contribution < -0.4 is 0 Å². The average molecular weight is 542 g/mol. The maximum atomic E-state index is 13.8. The zero-order valence-electron chi connectivity index (χ0n) is 21.1. The van der Waals surface area contributed by atoms with Gasteiger partial charge in [0.15, 0.2) is 0 Å². The minimum absolute atomic E-state index is 0.110. The molecule has 0 saturated carbocycles. The molecule has 2 bridgehead atoms. The summed E-state index contributed by atoms with van der Waals surface area (Å²) >= 11 is 1.29. The minimum Gasteiger partial charge on any atom is -0.387 e. The van der Waals surface area contributed by atoms with E-state index in [2.05, 4.69) is 11.2 Å². The maximum Gasteiger partial charge on any atom is 0.248 e. The van der Waals surface area contributed by atoms with Crippen LogP contribution in [0.4, 0.5) is 4.39 Å². The van der Waals surface area contributed by atoms with Gasteiger partial charge in [0.25, 0.3) is 0 Å². The van der Waals surface area contributed by atoms with Crippen molar-refractivity contribution in [2.45, 2.75) is 60.5 Å². The normalized spacial score (nSPS) is 20.2. The lowest BCUT2D eigenvalue weighted by Crippen LogP contribution is -2.48. The van der Waals surface area contributed by atoms with Crippen molar-refractivity contribution in [1.29, 1.82) is 10.5 Å². The lowest BCUT2D eigenvalue weighted by molar-refractivity contribution is -0.139. The van der Waals surface area contributed by atoms with Gasteiger partial charge in [0.2, 0.25) is 5.91 Å². The Bertz CT molecular complexity index is 1680. The third-order valence-corrected chi connectivity index (χ3v) is 8.92. The van der Waals surface area contributed by atoms with E-state index in [1.807, 2.05) is 41.0 Å². The lowest BCUT2D eigenvalue weighted by Gasteiger charge is -2.39. The monoisotopic (exact) mass is 541 g/mol. The fourth-order valence-corrected chi connectivity index (χ4v) is 7.17. The number of fused-ring (bicyclic) bond motifs is 3. The van der Waals surface area contributed by atoms with Crippen molar-refractivity contribution in [3.63, 3.8) is 0 Å². The number of aliphatic hydroxyl groups is 1. The lowest BCUT2D eigenvalue weighted by atomic mass is 9.96. The fourth-order valence-electron chi connectivity index (χ4n) is 6.10. The molecule has 1 aromatic carbocycles. The molecule has 2 saturated heterocycles. The smallest absolute Gasteiger partial charge is 0.248 e. The third kappa shape index (κ3) is 4.24. The first-order valence-corrected chi connectivity index (χ1v) is 13.5.